The Bertz CT molecular complexity index is 628. The van der Waals surface area contributed by atoms with Crippen molar-refractivity contribution in [2.75, 3.05) is 36.5 Å². The van der Waals surface area contributed by atoms with E-state index < -0.39 is 0 Å². The second kappa shape index (κ2) is 5.87. The normalized spacial score (nSPS) is 13.8. The maximum absolute atomic E-state index is 12.4. The van der Waals surface area contributed by atoms with Crippen molar-refractivity contribution in [3.05, 3.63) is 54.6 Å². The van der Waals surface area contributed by atoms with Gasteiger partial charge >= 0.3 is 0 Å². The molecule has 3 rings (SSSR count). The lowest BCUT2D eigenvalue weighted by Crippen LogP contribution is -2.44. The summed E-state index contributed by atoms with van der Waals surface area (Å²) in [6, 6.07) is 17.4. The number of amides is 1. The Hall–Kier alpha value is -2.49. The molecule has 4 nitrogen and oxygen atoms in total. The fourth-order valence-electron chi connectivity index (χ4n) is 2.50. The van der Waals surface area contributed by atoms with E-state index in [0.717, 1.165) is 17.9 Å². The molecule has 0 radical (unpaired) electrons. The Morgan fingerprint density at radius 2 is 1.67 bits per heavy atom. The highest BCUT2D eigenvalue weighted by molar-refractivity contribution is 5.98. The van der Waals surface area contributed by atoms with Crippen LogP contribution in [0.2, 0.25) is 0 Å². The maximum Gasteiger partial charge on any atom is 0.265 e. The van der Waals surface area contributed by atoms with Crippen molar-refractivity contribution in [3.63, 3.8) is 0 Å². The number of likely N-dealkylation sites (N-methyl/N-ethyl adjacent to an activating group) is 1. The van der Waals surface area contributed by atoms with Crippen molar-refractivity contribution in [2.24, 2.45) is 0 Å². The van der Waals surface area contributed by atoms with Gasteiger partial charge in [0.1, 0.15) is 5.75 Å². The fraction of sp³-hybridized carbons (Fsp3) is 0.235. The molecule has 1 amide bonds. The van der Waals surface area contributed by atoms with Crippen LogP contribution in [0.5, 0.6) is 5.75 Å². The summed E-state index contributed by atoms with van der Waals surface area (Å²) >= 11 is 0. The van der Waals surface area contributed by atoms with Gasteiger partial charge in [0.2, 0.25) is 0 Å². The molecular weight excluding hydrogens is 264 g/mol. The van der Waals surface area contributed by atoms with Crippen molar-refractivity contribution in [1.82, 2.24) is 0 Å². The Labute approximate surface area is 124 Å². The van der Waals surface area contributed by atoms with Crippen LogP contribution in [-0.2, 0) is 4.79 Å². The zero-order chi connectivity index (χ0) is 14.7. The van der Waals surface area contributed by atoms with Gasteiger partial charge in [-0.3, -0.25) is 4.79 Å². The number of anilines is 2. The Kier molecular flexibility index (Phi) is 3.77. The highest BCUT2D eigenvalue weighted by Crippen LogP contribution is 2.31. The van der Waals surface area contributed by atoms with Gasteiger partial charge in [-0.25, -0.2) is 0 Å². The van der Waals surface area contributed by atoms with Gasteiger partial charge in [0.05, 0.1) is 11.4 Å². The molecule has 2 aromatic carbocycles. The van der Waals surface area contributed by atoms with Crippen molar-refractivity contribution >= 4 is 17.3 Å². The summed E-state index contributed by atoms with van der Waals surface area (Å²) in [6.07, 6.45) is 0. The molecule has 2 aromatic rings. The Morgan fingerprint density at radius 3 is 2.43 bits per heavy atom. The molecule has 0 saturated carbocycles. The van der Waals surface area contributed by atoms with Gasteiger partial charge in [-0.1, -0.05) is 30.3 Å². The van der Waals surface area contributed by atoms with E-state index in [4.69, 9.17) is 4.74 Å². The molecule has 0 fully saturated rings. The third-order valence-electron chi connectivity index (χ3n) is 3.65. The minimum absolute atomic E-state index is 0.0144. The number of carbonyl (C=O) groups excluding carboxylic acids is 1. The van der Waals surface area contributed by atoms with Crippen molar-refractivity contribution in [1.29, 1.82) is 0 Å². The first-order valence-electron chi connectivity index (χ1n) is 7.04. The minimum Gasteiger partial charge on any atom is -0.484 e. The molecule has 0 saturated heterocycles. The smallest absolute Gasteiger partial charge is 0.265 e. The summed E-state index contributed by atoms with van der Waals surface area (Å²) in [5, 5.41) is 0. The van der Waals surface area contributed by atoms with Gasteiger partial charge < -0.3 is 14.5 Å². The largest absolute Gasteiger partial charge is 0.484 e. The van der Waals surface area contributed by atoms with E-state index in [0.29, 0.717) is 12.3 Å². The highest BCUT2D eigenvalue weighted by Gasteiger charge is 2.24. The van der Waals surface area contributed by atoms with Crippen LogP contribution in [0.25, 0.3) is 0 Å². The molecular formula is C17H18N2O2. The van der Waals surface area contributed by atoms with Crippen LogP contribution in [0.1, 0.15) is 0 Å². The van der Waals surface area contributed by atoms with Gasteiger partial charge in [-0.15, -0.1) is 0 Å². The molecule has 0 unspecified atom stereocenters. The van der Waals surface area contributed by atoms with Gasteiger partial charge in [-0.05, 0) is 24.3 Å². The fourth-order valence-corrected chi connectivity index (χ4v) is 2.50. The van der Waals surface area contributed by atoms with Crippen molar-refractivity contribution in [2.45, 2.75) is 0 Å². The van der Waals surface area contributed by atoms with E-state index in [-0.39, 0.29) is 12.5 Å². The van der Waals surface area contributed by atoms with Crippen molar-refractivity contribution < 1.29 is 9.53 Å². The number of nitrogens with zero attached hydrogens (tertiary/aromatic N) is 2. The topological polar surface area (TPSA) is 32.8 Å². The zero-order valence-electron chi connectivity index (χ0n) is 12.0. The summed E-state index contributed by atoms with van der Waals surface area (Å²) in [6.45, 7) is 1.57. The average molecular weight is 282 g/mol. The molecule has 1 aliphatic rings. The van der Waals surface area contributed by atoms with Crippen LogP contribution in [-0.4, -0.2) is 32.7 Å². The van der Waals surface area contributed by atoms with E-state index in [1.54, 1.807) is 4.90 Å². The Morgan fingerprint density at radius 1 is 1.00 bits per heavy atom. The second-order valence-electron chi connectivity index (χ2n) is 5.06. The van der Waals surface area contributed by atoms with Crippen LogP contribution in [0.3, 0.4) is 0 Å². The number of carbonyl (C=O) groups is 1. The number of ether oxygens (including phenoxy) is 1. The van der Waals surface area contributed by atoms with E-state index >= 15 is 0 Å². The lowest BCUT2D eigenvalue weighted by atomic mass is 10.1. The van der Waals surface area contributed by atoms with Gasteiger partial charge in [0.25, 0.3) is 5.91 Å². The van der Waals surface area contributed by atoms with Crippen molar-refractivity contribution in [3.8, 4) is 5.75 Å². The molecule has 0 aromatic heterocycles. The number of para-hydroxylation sites is 3. The van der Waals surface area contributed by atoms with Gasteiger partial charge in [0, 0.05) is 20.1 Å². The highest BCUT2D eigenvalue weighted by atomic mass is 16.5. The van der Waals surface area contributed by atoms with Gasteiger partial charge in [0.15, 0.2) is 6.61 Å². The van der Waals surface area contributed by atoms with Gasteiger partial charge in [-0.2, -0.15) is 0 Å². The second-order valence-corrected chi connectivity index (χ2v) is 5.06. The molecule has 4 heteroatoms. The molecule has 1 aliphatic heterocycles. The monoisotopic (exact) mass is 282 g/mol. The standard InChI is InChI=1S/C17H18N2O2/c1-18-11-12-19(16-10-6-5-9-15(16)18)17(20)13-21-14-7-3-2-4-8-14/h2-10H,11-13H2,1H3. The predicted octanol–water partition coefficient (Wildman–Crippen LogP) is 2.55. The molecule has 0 N–H and O–H groups in total. The quantitative estimate of drug-likeness (QED) is 0.867. The Balaban J connectivity index is 1.72. The zero-order valence-corrected chi connectivity index (χ0v) is 12.0. The summed E-state index contributed by atoms with van der Waals surface area (Å²) in [4.78, 5) is 16.4. The summed E-state index contributed by atoms with van der Waals surface area (Å²) in [7, 11) is 2.04. The van der Waals surface area contributed by atoms with E-state index in [2.05, 4.69) is 4.90 Å². The maximum atomic E-state index is 12.4. The van der Waals surface area contributed by atoms with Crippen LogP contribution in [0.15, 0.2) is 54.6 Å². The molecule has 0 spiro atoms. The number of rotatable bonds is 3. The van der Waals surface area contributed by atoms with E-state index in [9.17, 15) is 4.79 Å². The lowest BCUT2D eigenvalue weighted by Gasteiger charge is -2.35. The first-order valence-corrected chi connectivity index (χ1v) is 7.04. The first-order chi connectivity index (χ1) is 10.3. The summed E-state index contributed by atoms with van der Waals surface area (Å²) in [5.74, 6) is 0.702. The molecule has 108 valence electrons. The summed E-state index contributed by atoms with van der Waals surface area (Å²) in [5.41, 5.74) is 2.03. The van der Waals surface area contributed by atoms with Crippen LogP contribution in [0, 0.1) is 0 Å². The number of hydrogen-bond acceptors (Lipinski definition) is 3. The SMILES string of the molecule is CN1CCN(C(=O)COc2ccccc2)c2ccccc21. The van der Waals surface area contributed by atoms with E-state index in [1.165, 1.54) is 0 Å². The number of hydrogen-bond donors (Lipinski definition) is 0. The predicted molar refractivity (Wildman–Crippen MR) is 84.0 cm³/mol. The third kappa shape index (κ3) is 2.84. The minimum atomic E-state index is -0.0144. The molecule has 21 heavy (non-hydrogen) atoms. The number of fused-ring (bicyclic) bond motifs is 1. The summed E-state index contributed by atoms with van der Waals surface area (Å²) < 4.78 is 5.56. The third-order valence-corrected chi connectivity index (χ3v) is 3.65. The van der Waals surface area contributed by atoms with Crippen LogP contribution in [0.4, 0.5) is 11.4 Å². The first kappa shape index (κ1) is 13.5. The average Bonchev–Trinajstić information content (AvgIpc) is 2.54. The molecule has 1 heterocycles. The number of benzene rings is 2. The van der Waals surface area contributed by atoms with E-state index in [1.807, 2.05) is 61.6 Å². The van der Waals surface area contributed by atoms with Crippen LogP contribution >= 0.6 is 0 Å². The van der Waals surface area contributed by atoms with Crippen LogP contribution < -0.4 is 14.5 Å². The molecule has 0 aliphatic carbocycles. The molecule has 0 atom stereocenters. The molecule has 0 bridgehead atoms. The lowest BCUT2D eigenvalue weighted by molar-refractivity contribution is -0.120.